The summed E-state index contributed by atoms with van der Waals surface area (Å²) in [5.74, 6) is 0.542. The van der Waals surface area contributed by atoms with Crippen LogP contribution in [-0.4, -0.2) is 19.1 Å². The van der Waals surface area contributed by atoms with E-state index in [2.05, 4.69) is 17.9 Å². The Morgan fingerprint density at radius 3 is 2.47 bits per heavy atom. The smallest absolute Gasteiger partial charge is 0.0991 e. The van der Waals surface area contributed by atoms with Gasteiger partial charge in [-0.1, -0.05) is 6.92 Å². The number of rotatable bonds is 1. The Morgan fingerprint density at radius 1 is 1.33 bits per heavy atom. The lowest BCUT2D eigenvalue weighted by Crippen LogP contribution is -2.28. The van der Waals surface area contributed by atoms with Gasteiger partial charge in [0.15, 0.2) is 0 Å². The maximum Gasteiger partial charge on any atom is 0.0991 e. The summed E-state index contributed by atoms with van der Waals surface area (Å²) in [6, 6.07) is 10.1. The van der Waals surface area contributed by atoms with Crippen molar-refractivity contribution < 1.29 is 0 Å². The molecule has 0 spiro atoms. The molecular formula is C12H15N3. The molecule has 1 aliphatic rings. The third-order valence-electron chi connectivity index (χ3n) is 3.03. The van der Waals surface area contributed by atoms with E-state index in [0.29, 0.717) is 11.5 Å². The van der Waals surface area contributed by atoms with Crippen molar-refractivity contribution in [3.8, 4) is 6.07 Å². The molecule has 0 aliphatic carbocycles. The minimum absolute atomic E-state index is 0.264. The molecule has 3 nitrogen and oxygen atoms in total. The monoisotopic (exact) mass is 201 g/mol. The lowest BCUT2D eigenvalue weighted by Gasteiger charge is -2.17. The minimum atomic E-state index is 0.264. The fourth-order valence-corrected chi connectivity index (χ4v) is 1.95. The van der Waals surface area contributed by atoms with Gasteiger partial charge >= 0.3 is 0 Å². The second-order valence-corrected chi connectivity index (χ2v) is 4.20. The maximum atomic E-state index is 8.69. The number of nitriles is 1. The molecule has 0 saturated carbocycles. The summed E-state index contributed by atoms with van der Waals surface area (Å²) in [4.78, 5) is 2.27. The fraction of sp³-hybridized carbons (Fsp3) is 0.417. The van der Waals surface area contributed by atoms with Crippen LogP contribution in [0, 0.1) is 17.2 Å². The molecular weight excluding hydrogens is 186 g/mol. The van der Waals surface area contributed by atoms with Crippen molar-refractivity contribution in [2.24, 2.45) is 11.7 Å². The average Bonchev–Trinajstić information content (AvgIpc) is 2.59. The number of nitrogens with zero attached hydrogens (tertiary/aromatic N) is 2. The Morgan fingerprint density at radius 2 is 2.00 bits per heavy atom. The molecule has 2 unspecified atom stereocenters. The van der Waals surface area contributed by atoms with E-state index in [1.807, 2.05) is 24.3 Å². The van der Waals surface area contributed by atoms with Crippen LogP contribution in [0.4, 0.5) is 5.69 Å². The first-order chi connectivity index (χ1) is 7.20. The van der Waals surface area contributed by atoms with Crippen LogP contribution in [0.25, 0.3) is 0 Å². The second kappa shape index (κ2) is 3.92. The second-order valence-electron chi connectivity index (χ2n) is 4.20. The van der Waals surface area contributed by atoms with E-state index in [1.54, 1.807) is 0 Å². The van der Waals surface area contributed by atoms with Crippen LogP contribution in [0.1, 0.15) is 12.5 Å². The van der Waals surface area contributed by atoms with Crippen molar-refractivity contribution in [1.29, 1.82) is 5.26 Å². The maximum absolute atomic E-state index is 8.69. The third kappa shape index (κ3) is 1.95. The number of nitrogens with two attached hydrogens (primary N) is 1. The van der Waals surface area contributed by atoms with Gasteiger partial charge in [0.25, 0.3) is 0 Å². The van der Waals surface area contributed by atoms with Gasteiger partial charge in [-0.25, -0.2) is 0 Å². The van der Waals surface area contributed by atoms with E-state index in [0.717, 1.165) is 18.8 Å². The van der Waals surface area contributed by atoms with E-state index in [1.165, 1.54) is 0 Å². The van der Waals surface area contributed by atoms with Crippen LogP contribution in [0.2, 0.25) is 0 Å². The largest absolute Gasteiger partial charge is 0.370 e. The van der Waals surface area contributed by atoms with E-state index in [-0.39, 0.29) is 6.04 Å². The fourth-order valence-electron chi connectivity index (χ4n) is 1.95. The van der Waals surface area contributed by atoms with E-state index < -0.39 is 0 Å². The molecule has 1 aromatic carbocycles. The summed E-state index contributed by atoms with van der Waals surface area (Å²) in [6.07, 6.45) is 0. The van der Waals surface area contributed by atoms with Crippen molar-refractivity contribution in [2.75, 3.05) is 18.0 Å². The molecule has 1 aliphatic heterocycles. The van der Waals surface area contributed by atoms with Gasteiger partial charge in [0.1, 0.15) is 0 Å². The van der Waals surface area contributed by atoms with Gasteiger partial charge in [0.2, 0.25) is 0 Å². The molecule has 2 rings (SSSR count). The van der Waals surface area contributed by atoms with E-state index in [4.69, 9.17) is 11.0 Å². The van der Waals surface area contributed by atoms with Crippen LogP contribution < -0.4 is 10.6 Å². The van der Waals surface area contributed by atoms with Crippen LogP contribution >= 0.6 is 0 Å². The lowest BCUT2D eigenvalue weighted by molar-refractivity contribution is 0.566. The van der Waals surface area contributed by atoms with Crippen LogP contribution in [0.5, 0.6) is 0 Å². The van der Waals surface area contributed by atoms with Gasteiger partial charge in [-0.3, -0.25) is 0 Å². The predicted octanol–water partition coefficient (Wildman–Crippen LogP) is 1.34. The summed E-state index contributed by atoms with van der Waals surface area (Å²) < 4.78 is 0. The molecule has 0 amide bonds. The summed E-state index contributed by atoms with van der Waals surface area (Å²) in [6.45, 7) is 4.09. The van der Waals surface area contributed by atoms with Crippen molar-refractivity contribution in [1.82, 2.24) is 0 Å². The Kier molecular flexibility index (Phi) is 2.61. The topological polar surface area (TPSA) is 53.0 Å². The Balaban J connectivity index is 2.14. The molecule has 0 radical (unpaired) electrons. The zero-order chi connectivity index (χ0) is 10.8. The van der Waals surface area contributed by atoms with Crippen LogP contribution in [0.3, 0.4) is 0 Å². The summed E-state index contributed by atoms with van der Waals surface area (Å²) in [5, 5.41) is 8.69. The van der Waals surface area contributed by atoms with Crippen molar-refractivity contribution in [2.45, 2.75) is 13.0 Å². The third-order valence-corrected chi connectivity index (χ3v) is 3.03. The zero-order valence-electron chi connectivity index (χ0n) is 8.85. The molecule has 0 aromatic heterocycles. The van der Waals surface area contributed by atoms with Gasteiger partial charge in [-0.05, 0) is 30.2 Å². The molecule has 0 bridgehead atoms. The molecule has 78 valence electrons. The number of benzene rings is 1. The Hall–Kier alpha value is -1.53. The van der Waals surface area contributed by atoms with Crippen molar-refractivity contribution >= 4 is 5.69 Å². The Bertz CT molecular complexity index is 367. The SMILES string of the molecule is CC1CN(c2ccc(C#N)cc2)CC1N. The first kappa shape index (κ1) is 10.0. The summed E-state index contributed by atoms with van der Waals surface area (Å²) in [7, 11) is 0. The molecule has 1 saturated heterocycles. The minimum Gasteiger partial charge on any atom is -0.370 e. The molecule has 2 atom stereocenters. The highest BCUT2D eigenvalue weighted by molar-refractivity contribution is 5.50. The zero-order valence-corrected chi connectivity index (χ0v) is 8.85. The molecule has 1 heterocycles. The van der Waals surface area contributed by atoms with Crippen molar-refractivity contribution in [3.63, 3.8) is 0 Å². The van der Waals surface area contributed by atoms with Gasteiger partial charge in [0.05, 0.1) is 11.6 Å². The lowest BCUT2D eigenvalue weighted by atomic mass is 10.1. The molecule has 1 aromatic rings. The highest BCUT2D eigenvalue weighted by Gasteiger charge is 2.26. The Labute approximate surface area is 90.1 Å². The van der Waals surface area contributed by atoms with Gasteiger partial charge in [-0.2, -0.15) is 5.26 Å². The number of anilines is 1. The number of hydrogen-bond acceptors (Lipinski definition) is 3. The average molecular weight is 201 g/mol. The van der Waals surface area contributed by atoms with Gasteiger partial charge < -0.3 is 10.6 Å². The highest BCUT2D eigenvalue weighted by atomic mass is 15.2. The van der Waals surface area contributed by atoms with Gasteiger partial charge in [-0.15, -0.1) is 0 Å². The molecule has 2 N–H and O–H groups in total. The normalized spacial score (nSPS) is 25.3. The van der Waals surface area contributed by atoms with Gasteiger partial charge in [0, 0.05) is 24.8 Å². The summed E-state index contributed by atoms with van der Waals surface area (Å²) in [5.41, 5.74) is 7.83. The van der Waals surface area contributed by atoms with Crippen molar-refractivity contribution in [3.05, 3.63) is 29.8 Å². The standard InChI is InChI=1S/C12H15N3/c1-9-7-15(8-12(9)14)11-4-2-10(6-13)3-5-11/h2-5,9,12H,7-8,14H2,1H3. The molecule has 15 heavy (non-hydrogen) atoms. The molecule has 1 fully saturated rings. The number of hydrogen-bond donors (Lipinski definition) is 1. The quantitative estimate of drug-likeness (QED) is 0.746. The predicted molar refractivity (Wildman–Crippen MR) is 60.5 cm³/mol. The first-order valence-electron chi connectivity index (χ1n) is 5.21. The van der Waals surface area contributed by atoms with E-state index >= 15 is 0 Å². The first-order valence-corrected chi connectivity index (χ1v) is 5.21. The van der Waals surface area contributed by atoms with Crippen LogP contribution in [-0.2, 0) is 0 Å². The molecule has 3 heteroatoms. The highest BCUT2D eigenvalue weighted by Crippen LogP contribution is 2.22. The van der Waals surface area contributed by atoms with Crippen LogP contribution in [0.15, 0.2) is 24.3 Å². The van der Waals surface area contributed by atoms with E-state index in [9.17, 15) is 0 Å². The summed E-state index contributed by atoms with van der Waals surface area (Å²) >= 11 is 0.